The molecule has 0 aromatic carbocycles. The smallest absolute Gasteiger partial charge is 0.0961 e. The Morgan fingerprint density at radius 2 is 1.47 bits per heavy atom. The van der Waals surface area contributed by atoms with Gasteiger partial charge in [-0.1, -0.05) is 51.7 Å². The van der Waals surface area contributed by atoms with Crippen LogP contribution >= 0.6 is 0 Å². The molecule has 1 heteroatoms. The molecule has 1 N–H and O–H groups in total. The van der Waals surface area contributed by atoms with Gasteiger partial charge in [0.25, 0.3) is 0 Å². The van der Waals surface area contributed by atoms with Crippen molar-refractivity contribution in [1.29, 1.82) is 0 Å². The number of allylic oxidation sites excluding steroid dienone is 2. The summed E-state index contributed by atoms with van der Waals surface area (Å²) in [6.07, 6.45) is 15.0. The molecule has 0 heterocycles. The van der Waals surface area contributed by atoms with Crippen molar-refractivity contribution < 1.29 is 5.11 Å². The molecule has 1 fully saturated rings. The van der Waals surface area contributed by atoms with Crippen LogP contribution in [-0.2, 0) is 0 Å². The fourth-order valence-corrected chi connectivity index (χ4v) is 2.40. The molecule has 17 heavy (non-hydrogen) atoms. The minimum absolute atomic E-state index is 0.256. The number of hydrogen-bond acceptors (Lipinski definition) is 1. The second-order valence-electron chi connectivity index (χ2n) is 5.10. The molecule has 98 valence electrons. The number of unbranched alkanes of at least 4 members (excludes halogenated alkanes) is 5. The van der Waals surface area contributed by atoms with Crippen LogP contribution in [0.25, 0.3) is 0 Å². The molecule has 0 aromatic heterocycles. The van der Waals surface area contributed by atoms with E-state index in [1.54, 1.807) is 0 Å². The first-order valence-electron chi connectivity index (χ1n) is 7.35. The number of rotatable bonds is 7. The lowest BCUT2D eigenvalue weighted by Gasteiger charge is -2.06. The maximum Gasteiger partial charge on any atom is 0.0961 e. The van der Waals surface area contributed by atoms with E-state index in [1.807, 2.05) is 0 Å². The van der Waals surface area contributed by atoms with Crippen molar-refractivity contribution in [2.24, 2.45) is 0 Å². The summed E-state index contributed by atoms with van der Waals surface area (Å²) in [7, 11) is 0. The fourth-order valence-electron chi connectivity index (χ4n) is 2.40. The lowest BCUT2D eigenvalue weighted by atomic mass is 10.1. The molecule has 0 bridgehead atoms. The van der Waals surface area contributed by atoms with E-state index >= 15 is 0 Å². The highest BCUT2D eigenvalue weighted by Crippen LogP contribution is 2.31. The molecule has 0 spiro atoms. The van der Waals surface area contributed by atoms with E-state index in [-0.39, 0.29) is 6.10 Å². The Morgan fingerprint density at radius 1 is 0.941 bits per heavy atom. The van der Waals surface area contributed by atoms with Crippen LogP contribution in [0.2, 0.25) is 0 Å². The molecule has 1 unspecified atom stereocenters. The average molecular weight is 236 g/mol. The maximum atomic E-state index is 10.2. The molecule has 1 aliphatic rings. The van der Waals surface area contributed by atoms with Gasteiger partial charge in [-0.05, 0) is 43.3 Å². The predicted molar refractivity (Wildman–Crippen MR) is 75.1 cm³/mol. The Hall–Kier alpha value is -0.560. The summed E-state index contributed by atoms with van der Waals surface area (Å²) < 4.78 is 0. The lowest BCUT2D eigenvalue weighted by Crippen LogP contribution is -2.05. The molecule has 0 aromatic rings. The van der Waals surface area contributed by atoms with Crippen molar-refractivity contribution in [3.05, 3.63) is 23.3 Å². The van der Waals surface area contributed by atoms with Gasteiger partial charge in [0.15, 0.2) is 0 Å². The van der Waals surface area contributed by atoms with Gasteiger partial charge < -0.3 is 5.11 Å². The van der Waals surface area contributed by atoms with Crippen molar-refractivity contribution in [3.63, 3.8) is 0 Å². The maximum absolute atomic E-state index is 10.2. The number of hydrogen-bond donors (Lipinski definition) is 1. The van der Waals surface area contributed by atoms with E-state index < -0.39 is 0 Å². The highest BCUT2D eigenvalue weighted by atomic mass is 16.3. The summed E-state index contributed by atoms with van der Waals surface area (Å²) in [5.41, 5.74) is 2.53. The van der Waals surface area contributed by atoms with Gasteiger partial charge in [0, 0.05) is 0 Å². The van der Waals surface area contributed by atoms with Crippen LogP contribution in [-0.4, -0.2) is 11.2 Å². The van der Waals surface area contributed by atoms with E-state index in [4.69, 9.17) is 0 Å². The highest BCUT2D eigenvalue weighted by molar-refractivity contribution is 5.30. The van der Waals surface area contributed by atoms with Gasteiger partial charge in [-0.15, -0.1) is 0 Å². The molecule has 1 nitrogen and oxygen atoms in total. The molecule has 0 radical (unpaired) electrons. The summed E-state index contributed by atoms with van der Waals surface area (Å²) in [4.78, 5) is 0. The first kappa shape index (κ1) is 14.5. The van der Waals surface area contributed by atoms with Gasteiger partial charge >= 0.3 is 0 Å². The summed E-state index contributed by atoms with van der Waals surface area (Å²) >= 11 is 0. The monoisotopic (exact) mass is 236 g/mol. The van der Waals surface area contributed by atoms with Crippen molar-refractivity contribution in [1.82, 2.24) is 0 Å². The van der Waals surface area contributed by atoms with Gasteiger partial charge in [0.1, 0.15) is 0 Å². The zero-order valence-corrected chi connectivity index (χ0v) is 11.5. The molecule has 0 aliphatic heterocycles. The summed E-state index contributed by atoms with van der Waals surface area (Å²) in [6, 6.07) is 0. The topological polar surface area (TPSA) is 20.2 Å². The molecule has 0 saturated heterocycles. The predicted octanol–water partition coefficient (Wildman–Crippen LogP) is 4.76. The van der Waals surface area contributed by atoms with Gasteiger partial charge in [-0.3, -0.25) is 0 Å². The number of aliphatic hydroxyl groups excluding tert-OH is 1. The summed E-state index contributed by atoms with van der Waals surface area (Å²) in [5, 5.41) is 10.2. The Balaban J connectivity index is 2.37. The molecule has 1 atom stereocenters. The second-order valence-corrected chi connectivity index (χ2v) is 5.10. The minimum atomic E-state index is -0.256. The summed E-state index contributed by atoms with van der Waals surface area (Å²) in [5.74, 6) is 0. The Kier molecular flexibility index (Phi) is 7.27. The van der Waals surface area contributed by atoms with E-state index in [9.17, 15) is 5.11 Å². The third-order valence-corrected chi connectivity index (χ3v) is 3.58. The lowest BCUT2D eigenvalue weighted by molar-refractivity contribution is 0.254. The zero-order valence-electron chi connectivity index (χ0n) is 11.5. The van der Waals surface area contributed by atoms with E-state index in [0.29, 0.717) is 0 Å². The van der Waals surface area contributed by atoms with Crippen LogP contribution in [0.1, 0.15) is 71.6 Å². The third-order valence-electron chi connectivity index (χ3n) is 3.58. The van der Waals surface area contributed by atoms with Crippen LogP contribution in [0, 0.1) is 0 Å². The molecule has 0 amide bonds. The second kappa shape index (κ2) is 8.52. The van der Waals surface area contributed by atoms with Crippen LogP contribution < -0.4 is 0 Å². The van der Waals surface area contributed by atoms with Crippen LogP contribution in [0.15, 0.2) is 23.3 Å². The first-order chi connectivity index (χ1) is 8.29. The van der Waals surface area contributed by atoms with Crippen molar-refractivity contribution >= 4 is 0 Å². The standard InChI is InChI=1S/C16H28O/c1-3-5-7-9-11-15-13-12-14(16(15)17)10-8-6-4-2/h10-11,16-17H,3-9,12-13H2,1-2H3/b14-10+,15-11-. The third kappa shape index (κ3) is 5.08. The van der Waals surface area contributed by atoms with Crippen LogP contribution in [0.3, 0.4) is 0 Å². The molecule has 1 rings (SSSR count). The minimum Gasteiger partial charge on any atom is -0.384 e. The van der Waals surface area contributed by atoms with Gasteiger partial charge in [0.2, 0.25) is 0 Å². The highest BCUT2D eigenvalue weighted by Gasteiger charge is 2.22. The van der Waals surface area contributed by atoms with Gasteiger partial charge in [-0.25, -0.2) is 0 Å². The SMILES string of the molecule is CCCC/C=C1\CC/C(=C/CCCCC)C1O. The van der Waals surface area contributed by atoms with Crippen molar-refractivity contribution in [2.45, 2.75) is 77.7 Å². The Bertz CT molecular complexity index is 263. The van der Waals surface area contributed by atoms with Crippen LogP contribution in [0.4, 0.5) is 0 Å². The van der Waals surface area contributed by atoms with E-state index in [0.717, 1.165) is 25.7 Å². The van der Waals surface area contributed by atoms with Crippen LogP contribution in [0.5, 0.6) is 0 Å². The number of aliphatic hydroxyl groups is 1. The fraction of sp³-hybridized carbons (Fsp3) is 0.750. The molecule has 1 saturated carbocycles. The molecule has 1 aliphatic carbocycles. The summed E-state index contributed by atoms with van der Waals surface area (Å²) in [6.45, 7) is 4.44. The first-order valence-corrected chi connectivity index (χ1v) is 7.35. The largest absolute Gasteiger partial charge is 0.384 e. The van der Waals surface area contributed by atoms with Gasteiger partial charge in [0.05, 0.1) is 6.10 Å². The van der Waals surface area contributed by atoms with E-state index in [2.05, 4.69) is 26.0 Å². The molecular weight excluding hydrogens is 208 g/mol. The van der Waals surface area contributed by atoms with Gasteiger partial charge in [-0.2, -0.15) is 0 Å². The Morgan fingerprint density at radius 3 is 2.00 bits per heavy atom. The van der Waals surface area contributed by atoms with Crippen molar-refractivity contribution in [3.8, 4) is 0 Å². The average Bonchev–Trinajstić information content (AvgIpc) is 2.67. The normalized spacial score (nSPS) is 25.0. The van der Waals surface area contributed by atoms with E-state index in [1.165, 1.54) is 43.3 Å². The van der Waals surface area contributed by atoms with Crippen molar-refractivity contribution in [2.75, 3.05) is 0 Å². The quantitative estimate of drug-likeness (QED) is 0.499. The zero-order chi connectivity index (χ0) is 12.5. The molecular formula is C16H28O. The Labute approximate surface area is 107 Å².